The fourth-order valence-electron chi connectivity index (χ4n) is 2.39. The third-order valence-corrected chi connectivity index (χ3v) is 4.32. The van der Waals surface area contributed by atoms with Crippen LogP contribution in [0.25, 0.3) is 0 Å². The highest BCUT2D eigenvalue weighted by Crippen LogP contribution is 2.36. The number of carboxylic acid groups (broad SMARTS) is 1. The van der Waals surface area contributed by atoms with E-state index >= 15 is 0 Å². The fourth-order valence-corrected chi connectivity index (χ4v) is 2.39. The molecule has 0 aromatic carbocycles. The Morgan fingerprint density at radius 1 is 1.22 bits per heavy atom. The summed E-state index contributed by atoms with van der Waals surface area (Å²) in [7, 11) is 4.02. The Morgan fingerprint density at radius 2 is 1.83 bits per heavy atom. The van der Waals surface area contributed by atoms with Gasteiger partial charge in [-0.2, -0.15) is 0 Å². The maximum atomic E-state index is 11.7. The Labute approximate surface area is 107 Å². The number of nitrogens with zero attached hydrogens (tertiary/aromatic N) is 1. The second-order valence-corrected chi connectivity index (χ2v) is 5.67. The first-order valence-corrected chi connectivity index (χ1v) is 6.37. The minimum Gasteiger partial charge on any atom is -0.480 e. The normalized spacial score (nSPS) is 23.1. The van der Waals surface area contributed by atoms with Crippen molar-refractivity contribution >= 4 is 12.0 Å². The Kier molecular flexibility index (Phi) is 3.23. The van der Waals surface area contributed by atoms with Gasteiger partial charge in [0.1, 0.15) is 5.54 Å². The van der Waals surface area contributed by atoms with Crippen LogP contribution in [-0.4, -0.2) is 53.7 Å². The summed E-state index contributed by atoms with van der Waals surface area (Å²) in [5.41, 5.74) is -0.952. The molecule has 0 radical (unpaired) electrons. The SMILES string of the molecule is CN(C)C1(CNC(=O)NC2(C(=O)O)CC2)CCC1. The van der Waals surface area contributed by atoms with Crippen LogP contribution in [0.5, 0.6) is 0 Å². The van der Waals surface area contributed by atoms with E-state index in [-0.39, 0.29) is 11.6 Å². The van der Waals surface area contributed by atoms with Crippen LogP contribution in [0.1, 0.15) is 32.1 Å². The van der Waals surface area contributed by atoms with E-state index in [0.717, 1.165) is 12.8 Å². The number of carbonyl (C=O) groups excluding carboxylic acids is 1. The Balaban J connectivity index is 1.80. The lowest BCUT2D eigenvalue weighted by atomic mass is 9.75. The zero-order chi connectivity index (χ0) is 13.4. The average Bonchev–Trinajstić information content (AvgIpc) is 2.96. The number of likely N-dealkylation sites (N-methyl/N-ethyl adjacent to an activating group) is 1. The first kappa shape index (κ1) is 13.1. The van der Waals surface area contributed by atoms with E-state index in [1.165, 1.54) is 6.42 Å². The zero-order valence-electron chi connectivity index (χ0n) is 11.0. The summed E-state index contributed by atoms with van der Waals surface area (Å²) >= 11 is 0. The quantitative estimate of drug-likeness (QED) is 0.663. The molecule has 102 valence electrons. The molecule has 2 aliphatic rings. The van der Waals surface area contributed by atoms with Crippen LogP contribution >= 0.6 is 0 Å². The molecule has 6 heteroatoms. The van der Waals surface area contributed by atoms with E-state index in [4.69, 9.17) is 5.11 Å². The fraction of sp³-hybridized carbons (Fsp3) is 0.833. The molecular weight excluding hydrogens is 234 g/mol. The van der Waals surface area contributed by atoms with Crippen LogP contribution < -0.4 is 10.6 Å². The van der Waals surface area contributed by atoms with Crippen LogP contribution in [0.15, 0.2) is 0 Å². The Morgan fingerprint density at radius 3 is 2.17 bits per heavy atom. The molecule has 0 unspecified atom stereocenters. The van der Waals surface area contributed by atoms with Crippen molar-refractivity contribution in [2.24, 2.45) is 0 Å². The molecule has 6 nitrogen and oxygen atoms in total. The maximum Gasteiger partial charge on any atom is 0.329 e. The number of rotatable bonds is 5. The van der Waals surface area contributed by atoms with Crippen LogP contribution in [0.4, 0.5) is 4.79 Å². The molecule has 2 rings (SSSR count). The van der Waals surface area contributed by atoms with Gasteiger partial charge in [-0.3, -0.25) is 0 Å². The molecule has 0 atom stereocenters. The van der Waals surface area contributed by atoms with E-state index in [9.17, 15) is 9.59 Å². The highest BCUT2D eigenvalue weighted by Gasteiger charge is 2.52. The van der Waals surface area contributed by atoms with Gasteiger partial charge in [0.15, 0.2) is 0 Å². The molecule has 2 fully saturated rings. The molecule has 0 aromatic heterocycles. The summed E-state index contributed by atoms with van der Waals surface area (Å²) in [6.45, 7) is 0.571. The van der Waals surface area contributed by atoms with Gasteiger partial charge in [0, 0.05) is 12.1 Å². The molecule has 2 saturated carbocycles. The Hall–Kier alpha value is -1.30. The summed E-state index contributed by atoms with van der Waals surface area (Å²) in [5.74, 6) is -0.941. The van der Waals surface area contributed by atoms with E-state index in [0.29, 0.717) is 19.4 Å². The minimum atomic E-state index is -1.00. The number of carbonyl (C=O) groups is 2. The number of amides is 2. The second-order valence-electron chi connectivity index (χ2n) is 5.67. The van der Waals surface area contributed by atoms with Gasteiger partial charge in [0.25, 0.3) is 0 Å². The molecule has 2 amide bonds. The number of carboxylic acids is 1. The molecule has 0 spiro atoms. The smallest absolute Gasteiger partial charge is 0.329 e. The van der Waals surface area contributed by atoms with Crippen molar-refractivity contribution in [2.75, 3.05) is 20.6 Å². The highest BCUT2D eigenvalue weighted by molar-refractivity contribution is 5.88. The average molecular weight is 255 g/mol. The number of hydrogen-bond acceptors (Lipinski definition) is 3. The first-order valence-electron chi connectivity index (χ1n) is 6.37. The van der Waals surface area contributed by atoms with Crippen LogP contribution in [-0.2, 0) is 4.79 Å². The molecule has 0 heterocycles. The molecule has 2 aliphatic carbocycles. The van der Waals surface area contributed by atoms with Gasteiger partial charge in [0.05, 0.1) is 0 Å². The lowest BCUT2D eigenvalue weighted by Gasteiger charge is -2.47. The lowest BCUT2D eigenvalue weighted by Crippen LogP contribution is -2.59. The topological polar surface area (TPSA) is 81.7 Å². The summed E-state index contributed by atoms with van der Waals surface area (Å²) in [4.78, 5) is 24.8. The van der Waals surface area contributed by atoms with Crippen molar-refractivity contribution in [3.05, 3.63) is 0 Å². The van der Waals surface area contributed by atoms with Crippen molar-refractivity contribution in [1.29, 1.82) is 0 Å². The molecule has 0 aliphatic heterocycles. The lowest BCUT2D eigenvalue weighted by molar-refractivity contribution is -0.140. The largest absolute Gasteiger partial charge is 0.480 e. The second kappa shape index (κ2) is 4.42. The molecular formula is C12H21N3O3. The van der Waals surface area contributed by atoms with Gasteiger partial charge >= 0.3 is 12.0 Å². The van der Waals surface area contributed by atoms with E-state index in [2.05, 4.69) is 15.5 Å². The first-order chi connectivity index (χ1) is 8.40. The van der Waals surface area contributed by atoms with Crippen LogP contribution in [0.3, 0.4) is 0 Å². The van der Waals surface area contributed by atoms with Gasteiger partial charge < -0.3 is 20.6 Å². The highest BCUT2D eigenvalue weighted by atomic mass is 16.4. The molecule has 18 heavy (non-hydrogen) atoms. The molecule has 0 saturated heterocycles. The number of nitrogens with one attached hydrogen (secondary N) is 2. The van der Waals surface area contributed by atoms with Gasteiger partial charge in [-0.25, -0.2) is 9.59 Å². The Bertz CT molecular complexity index is 360. The van der Waals surface area contributed by atoms with E-state index in [1.54, 1.807) is 0 Å². The predicted octanol–water partition coefficient (Wildman–Crippen LogP) is 0.387. The number of urea groups is 1. The summed E-state index contributed by atoms with van der Waals surface area (Å²) in [6.07, 6.45) is 4.37. The van der Waals surface area contributed by atoms with Gasteiger partial charge in [-0.1, -0.05) is 0 Å². The van der Waals surface area contributed by atoms with Gasteiger partial charge in [-0.05, 0) is 46.2 Å². The van der Waals surface area contributed by atoms with Crippen LogP contribution in [0.2, 0.25) is 0 Å². The van der Waals surface area contributed by atoms with Crippen molar-refractivity contribution < 1.29 is 14.7 Å². The standard InChI is InChI=1S/C12H21N3O3/c1-15(2)11(4-3-5-11)8-13-10(18)14-12(6-7-12)9(16)17/h3-8H2,1-2H3,(H,16,17)(H2,13,14,18). The summed E-state index contributed by atoms with van der Waals surface area (Å²) in [6, 6.07) is -0.372. The van der Waals surface area contributed by atoms with Crippen LogP contribution in [0, 0.1) is 0 Å². The van der Waals surface area contributed by atoms with Crippen molar-refractivity contribution in [2.45, 2.75) is 43.2 Å². The van der Waals surface area contributed by atoms with Crippen molar-refractivity contribution in [3.8, 4) is 0 Å². The number of hydrogen-bond donors (Lipinski definition) is 3. The minimum absolute atomic E-state index is 0.0529. The van der Waals surface area contributed by atoms with E-state index in [1.807, 2.05) is 14.1 Å². The van der Waals surface area contributed by atoms with Gasteiger partial charge in [-0.15, -0.1) is 0 Å². The molecule has 3 N–H and O–H groups in total. The maximum absolute atomic E-state index is 11.7. The van der Waals surface area contributed by atoms with E-state index < -0.39 is 11.5 Å². The van der Waals surface area contributed by atoms with Crippen molar-refractivity contribution in [1.82, 2.24) is 15.5 Å². The number of aliphatic carboxylic acids is 1. The summed E-state index contributed by atoms with van der Waals surface area (Å²) in [5, 5.41) is 14.3. The van der Waals surface area contributed by atoms with Gasteiger partial charge in [0.2, 0.25) is 0 Å². The third-order valence-electron chi connectivity index (χ3n) is 4.32. The molecule has 0 aromatic rings. The predicted molar refractivity (Wildman–Crippen MR) is 66.4 cm³/mol. The molecule has 0 bridgehead atoms. The zero-order valence-corrected chi connectivity index (χ0v) is 11.0. The summed E-state index contributed by atoms with van der Waals surface area (Å²) < 4.78 is 0. The monoisotopic (exact) mass is 255 g/mol. The van der Waals surface area contributed by atoms with Crippen molar-refractivity contribution in [3.63, 3.8) is 0 Å². The third kappa shape index (κ3) is 2.29.